The third-order valence-corrected chi connectivity index (χ3v) is 11.8. The second-order valence-corrected chi connectivity index (χ2v) is 17.0. The summed E-state index contributed by atoms with van der Waals surface area (Å²) in [6.07, 6.45) is -7.45. The van der Waals surface area contributed by atoms with Crippen molar-refractivity contribution < 1.29 is 51.1 Å². The van der Waals surface area contributed by atoms with Crippen LogP contribution in [0.2, 0.25) is 10.0 Å². The summed E-state index contributed by atoms with van der Waals surface area (Å²) in [5.41, 5.74) is -2.22. The molecule has 59 heavy (non-hydrogen) atoms. The number of nitrogens with zero attached hydrogens (tertiary/aromatic N) is 3. The monoisotopic (exact) mass is 877 g/mol. The molecule has 4 N–H and O–H groups in total. The van der Waals surface area contributed by atoms with Gasteiger partial charge in [-0.2, -0.15) is 13.2 Å². The molecule has 1 aromatic rings. The Balaban J connectivity index is 1.58. The van der Waals surface area contributed by atoms with Gasteiger partial charge in [-0.1, -0.05) is 37.0 Å². The van der Waals surface area contributed by atoms with E-state index in [0.29, 0.717) is 28.3 Å². The van der Waals surface area contributed by atoms with Crippen LogP contribution >= 0.6 is 23.2 Å². The van der Waals surface area contributed by atoms with Crippen molar-refractivity contribution in [3.05, 3.63) is 33.8 Å². The lowest BCUT2D eigenvalue weighted by atomic mass is 9.98. The van der Waals surface area contributed by atoms with Gasteiger partial charge in [0.2, 0.25) is 41.4 Å². The number of carbonyl (C=O) groups is 7. The Morgan fingerprint density at radius 3 is 2.29 bits per heavy atom. The molecule has 3 aliphatic rings. The Bertz CT molecular complexity index is 1780. The molecule has 0 radical (unpaired) electrons. The molecule has 1 aliphatic carbocycles. The molecule has 1 saturated carbocycles. The number of hydrogen-bond donors (Lipinski definition) is 4. The molecule has 7 amide bonds. The molecule has 3 fully saturated rings. The molecule has 20 heteroatoms. The van der Waals surface area contributed by atoms with Gasteiger partial charge in [0.15, 0.2) is 0 Å². The van der Waals surface area contributed by atoms with Gasteiger partial charge in [0.1, 0.15) is 47.8 Å². The second kappa shape index (κ2) is 19.5. The van der Waals surface area contributed by atoms with Crippen molar-refractivity contribution in [1.29, 1.82) is 0 Å². The van der Waals surface area contributed by atoms with Crippen LogP contribution < -0.4 is 21.3 Å². The molecule has 0 aromatic heterocycles. The minimum atomic E-state index is -4.88. The standard InChI is InChI=1S/C39H53Cl2F4N7O7/c1-20(2)15-27-36(58)51(6)29(17-23-16-24(40)10-11-26(23)41)33(55)47-21(3)31(53)46-14-8-7-9-28(32(54)49-27)50(5)35(57)22(4)48-34(56)30-18-25(42)19-52(30)37(59)38(12-13-38)39(43,44)45/h10-11,16,20-22,25,27-30H,7-9,12-15,17-19H2,1-6H3,(H,46,53)(H,47,55)(H,48,56)(H,49,54)/t21-,22+,25-,27+,28+,29+,30+/m1/s1. The normalized spacial score (nSPS) is 26.5. The van der Waals surface area contributed by atoms with Crippen LogP contribution in [0.3, 0.4) is 0 Å². The zero-order valence-electron chi connectivity index (χ0n) is 33.9. The molecular formula is C39H53Cl2F4N7O7. The first-order chi connectivity index (χ1) is 27.5. The van der Waals surface area contributed by atoms with E-state index in [1.54, 1.807) is 18.2 Å². The minimum Gasteiger partial charge on any atom is -0.354 e. The van der Waals surface area contributed by atoms with Crippen LogP contribution in [0, 0.1) is 11.3 Å². The maximum Gasteiger partial charge on any atom is 0.403 e. The molecular weight excluding hydrogens is 825 g/mol. The summed E-state index contributed by atoms with van der Waals surface area (Å²) in [4.78, 5) is 98.4. The van der Waals surface area contributed by atoms with E-state index in [-0.39, 0.29) is 36.7 Å². The average Bonchev–Trinajstić information content (AvgIpc) is 3.90. The highest BCUT2D eigenvalue weighted by Gasteiger charge is 2.70. The summed E-state index contributed by atoms with van der Waals surface area (Å²) in [5.74, 6) is -5.90. The van der Waals surface area contributed by atoms with E-state index in [0.717, 1.165) is 9.80 Å². The zero-order chi connectivity index (χ0) is 44.1. The highest BCUT2D eigenvalue weighted by Crippen LogP contribution is 2.59. The van der Waals surface area contributed by atoms with Crippen molar-refractivity contribution in [1.82, 2.24) is 36.0 Å². The molecule has 2 aliphatic heterocycles. The van der Waals surface area contributed by atoms with Gasteiger partial charge in [-0.05, 0) is 82.1 Å². The van der Waals surface area contributed by atoms with E-state index >= 15 is 0 Å². The largest absolute Gasteiger partial charge is 0.403 e. The summed E-state index contributed by atoms with van der Waals surface area (Å²) in [6.45, 7) is 5.86. The Hall–Kier alpha value is -4.19. The number of benzene rings is 1. The molecule has 2 heterocycles. The first kappa shape index (κ1) is 47.5. The Labute approximate surface area is 350 Å². The predicted molar refractivity (Wildman–Crippen MR) is 209 cm³/mol. The van der Waals surface area contributed by atoms with E-state index in [2.05, 4.69) is 21.3 Å². The molecule has 0 spiro atoms. The number of likely N-dealkylation sites (N-methyl/N-ethyl adjacent to an activating group) is 2. The van der Waals surface area contributed by atoms with Crippen molar-refractivity contribution >= 4 is 64.6 Å². The van der Waals surface area contributed by atoms with Crippen molar-refractivity contribution in [2.45, 2.75) is 128 Å². The van der Waals surface area contributed by atoms with Crippen molar-refractivity contribution in [2.24, 2.45) is 11.3 Å². The SMILES string of the molecule is CC(C)C[C@@H]1NC(=O)[C@@H](N(C)C(=O)[C@H](C)NC(=O)[C@@H]2C[C@@H](F)CN2C(=O)C2(C(F)(F)F)CC2)CCCCNC(=O)[C@@H](C)NC(=O)[C@H](Cc2cc(Cl)ccc2Cl)N(C)C1=O. The molecule has 2 saturated heterocycles. The van der Waals surface area contributed by atoms with Crippen LogP contribution in [0.5, 0.6) is 0 Å². The van der Waals surface area contributed by atoms with Crippen LogP contribution in [-0.4, -0.2) is 132 Å². The van der Waals surface area contributed by atoms with E-state index in [1.807, 2.05) is 13.8 Å². The Morgan fingerprint density at radius 2 is 1.68 bits per heavy atom. The molecule has 14 nitrogen and oxygen atoms in total. The number of amides is 7. The van der Waals surface area contributed by atoms with Gasteiger partial charge in [-0.25, -0.2) is 4.39 Å². The minimum absolute atomic E-state index is 0.0409. The van der Waals surface area contributed by atoms with Crippen LogP contribution in [0.25, 0.3) is 0 Å². The number of hydrogen-bond acceptors (Lipinski definition) is 7. The van der Waals surface area contributed by atoms with Crippen LogP contribution in [-0.2, 0) is 40.0 Å². The molecule has 1 aromatic carbocycles. The van der Waals surface area contributed by atoms with Gasteiger partial charge in [0, 0.05) is 43.5 Å². The molecule has 0 bridgehead atoms. The smallest absolute Gasteiger partial charge is 0.354 e. The van der Waals surface area contributed by atoms with Crippen LogP contribution in [0.1, 0.15) is 78.2 Å². The Kier molecular flexibility index (Phi) is 15.7. The van der Waals surface area contributed by atoms with Gasteiger partial charge in [0.25, 0.3) is 0 Å². The predicted octanol–water partition coefficient (Wildman–Crippen LogP) is 3.31. The van der Waals surface area contributed by atoms with Gasteiger partial charge in [-0.15, -0.1) is 0 Å². The fourth-order valence-corrected chi connectivity index (χ4v) is 7.87. The molecule has 7 atom stereocenters. The topological polar surface area (TPSA) is 177 Å². The lowest BCUT2D eigenvalue weighted by Crippen LogP contribution is -2.60. The fraction of sp³-hybridized carbons (Fsp3) is 0.667. The maximum absolute atomic E-state index is 14.6. The van der Waals surface area contributed by atoms with Gasteiger partial charge < -0.3 is 36.0 Å². The Morgan fingerprint density at radius 1 is 1.02 bits per heavy atom. The average molecular weight is 879 g/mol. The van der Waals surface area contributed by atoms with E-state index < -0.39 is 121 Å². The third kappa shape index (κ3) is 11.3. The zero-order valence-corrected chi connectivity index (χ0v) is 35.4. The molecule has 4 rings (SSSR count). The van der Waals surface area contributed by atoms with Crippen molar-refractivity contribution in [3.63, 3.8) is 0 Å². The number of nitrogens with one attached hydrogen (secondary N) is 4. The van der Waals surface area contributed by atoms with E-state index in [9.17, 15) is 51.1 Å². The first-order valence-electron chi connectivity index (χ1n) is 19.7. The van der Waals surface area contributed by atoms with Gasteiger partial charge in [0.05, 0.1) is 6.54 Å². The summed E-state index contributed by atoms with van der Waals surface area (Å²) >= 11 is 12.7. The van der Waals surface area contributed by atoms with E-state index in [1.165, 1.54) is 27.9 Å². The quantitative estimate of drug-likeness (QED) is 0.275. The first-order valence-corrected chi connectivity index (χ1v) is 20.4. The summed E-state index contributed by atoms with van der Waals surface area (Å²) in [6, 6.07) is -2.97. The van der Waals surface area contributed by atoms with Gasteiger partial charge >= 0.3 is 6.18 Å². The summed E-state index contributed by atoms with van der Waals surface area (Å²) in [7, 11) is 2.69. The van der Waals surface area contributed by atoms with Gasteiger partial charge in [-0.3, -0.25) is 33.6 Å². The number of alkyl halides is 4. The number of carbonyl (C=O) groups excluding carboxylic acids is 7. The molecule has 0 unspecified atom stereocenters. The summed E-state index contributed by atoms with van der Waals surface area (Å²) in [5, 5.41) is 11.2. The second-order valence-electron chi connectivity index (χ2n) is 16.2. The van der Waals surface area contributed by atoms with Crippen LogP contribution in [0.4, 0.5) is 17.6 Å². The number of halogens is 6. The lowest BCUT2D eigenvalue weighted by molar-refractivity contribution is -0.199. The molecule has 328 valence electrons. The number of likely N-dealkylation sites (tertiary alicyclic amines) is 1. The highest BCUT2D eigenvalue weighted by molar-refractivity contribution is 6.33. The highest BCUT2D eigenvalue weighted by atomic mass is 35.5. The maximum atomic E-state index is 14.6. The van der Waals surface area contributed by atoms with E-state index in [4.69, 9.17) is 23.2 Å². The van der Waals surface area contributed by atoms with Crippen LogP contribution in [0.15, 0.2) is 18.2 Å². The fourth-order valence-electron chi connectivity index (χ4n) is 7.48. The summed E-state index contributed by atoms with van der Waals surface area (Å²) < 4.78 is 55.9. The number of rotatable bonds is 9. The third-order valence-electron chi connectivity index (χ3n) is 11.2. The van der Waals surface area contributed by atoms with Crippen molar-refractivity contribution in [3.8, 4) is 0 Å². The lowest BCUT2D eigenvalue weighted by Gasteiger charge is -2.35. The van der Waals surface area contributed by atoms with Crippen molar-refractivity contribution in [2.75, 3.05) is 27.2 Å².